The predicted octanol–water partition coefficient (Wildman–Crippen LogP) is 1.10. The lowest BCUT2D eigenvalue weighted by Crippen LogP contribution is -2.43. The van der Waals surface area contributed by atoms with Gasteiger partial charge in [0, 0.05) is 24.2 Å². The number of ether oxygens (including phenoxy) is 1. The number of aryl methyl sites for hydroxylation is 2. The molecule has 0 aliphatic carbocycles. The molecule has 0 aromatic heterocycles. The van der Waals surface area contributed by atoms with Gasteiger partial charge in [-0.3, -0.25) is 14.4 Å². The summed E-state index contributed by atoms with van der Waals surface area (Å²) in [6.07, 6.45) is -2.44. The number of anilines is 1. The molecule has 2 aromatic carbocycles. The zero-order chi connectivity index (χ0) is 25.2. The van der Waals surface area contributed by atoms with Crippen LogP contribution in [-0.4, -0.2) is 60.4 Å². The number of nitrogens with one attached hydrogen (secondary N) is 1. The van der Waals surface area contributed by atoms with E-state index in [-0.39, 0.29) is 23.4 Å². The van der Waals surface area contributed by atoms with Crippen molar-refractivity contribution in [1.29, 1.82) is 0 Å². The van der Waals surface area contributed by atoms with Crippen molar-refractivity contribution in [3.05, 3.63) is 59.2 Å². The second-order valence-corrected chi connectivity index (χ2v) is 10.1. The molecule has 1 aliphatic heterocycles. The molecule has 2 amide bonds. The maximum absolute atomic E-state index is 13.2. The van der Waals surface area contributed by atoms with Crippen molar-refractivity contribution in [3.63, 3.8) is 0 Å². The molecule has 34 heavy (non-hydrogen) atoms. The Morgan fingerprint density at radius 3 is 2.35 bits per heavy atom. The normalized spacial score (nSPS) is 19.4. The molecule has 2 aromatic rings. The van der Waals surface area contributed by atoms with E-state index in [2.05, 4.69) is 5.32 Å². The van der Waals surface area contributed by atoms with Gasteiger partial charge in [0.15, 0.2) is 6.10 Å². The van der Waals surface area contributed by atoms with Crippen LogP contribution in [0.4, 0.5) is 5.69 Å². The quantitative estimate of drug-likeness (QED) is 0.492. The number of aliphatic hydroxyl groups excluding tert-OH is 1. The van der Waals surface area contributed by atoms with Crippen LogP contribution in [0.2, 0.25) is 0 Å². The van der Waals surface area contributed by atoms with Crippen LogP contribution in [0.5, 0.6) is 0 Å². The van der Waals surface area contributed by atoms with Crippen molar-refractivity contribution in [2.45, 2.75) is 50.3 Å². The number of benzene rings is 2. The molecule has 1 saturated heterocycles. The van der Waals surface area contributed by atoms with Gasteiger partial charge in [-0.15, -0.1) is 0 Å². The highest BCUT2D eigenvalue weighted by Gasteiger charge is 2.45. The molecule has 11 heteroatoms. The van der Waals surface area contributed by atoms with Gasteiger partial charge in [-0.2, -0.15) is 4.31 Å². The Kier molecular flexibility index (Phi) is 7.39. The van der Waals surface area contributed by atoms with Gasteiger partial charge in [0.05, 0.1) is 11.0 Å². The van der Waals surface area contributed by atoms with Gasteiger partial charge in [0.25, 0.3) is 5.91 Å². The fourth-order valence-electron chi connectivity index (χ4n) is 3.54. The molecule has 3 rings (SSSR count). The molecule has 10 nitrogen and oxygen atoms in total. The third-order valence-electron chi connectivity index (χ3n) is 5.69. The third kappa shape index (κ3) is 5.44. The molecule has 182 valence electrons. The van der Waals surface area contributed by atoms with Crippen molar-refractivity contribution in [2.24, 2.45) is 5.73 Å². The number of nitrogens with two attached hydrogens (primary N) is 1. The molecule has 0 radical (unpaired) electrons. The summed E-state index contributed by atoms with van der Waals surface area (Å²) in [7, 11) is -4.09. The minimum atomic E-state index is -4.09. The van der Waals surface area contributed by atoms with E-state index < -0.39 is 46.1 Å². The summed E-state index contributed by atoms with van der Waals surface area (Å²) in [6, 6.07) is 9.17. The maximum atomic E-state index is 13.2. The van der Waals surface area contributed by atoms with Crippen molar-refractivity contribution in [3.8, 4) is 0 Å². The number of aliphatic hydroxyl groups is 1. The number of carbonyl (C=O) groups excluding carboxylic acids is 3. The number of rotatable bonds is 7. The van der Waals surface area contributed by atoms with Crippen LogP contribution >= 0.6 is 0 Å². The highest BCUT2D eigenvalue weighted by atomic mass is 32.2. The molecule has 4 N–H and O–H groups in total. The molecule has 3 atom stereocenters. The SMILES string of the molecule is Cc1ccc(S(=O)(=O)N2CC(O)C[C@H]2C(=O)OC(C)C(=O)Nc2ccc(C(N)=O)cc2)cc1C. The minimum Gasteiger partial charge on any atom is -0.451 e. The fourth-order valence-corrected chi connectivity index (χ4v) is 5.25. The van der Waals surface area contributed by atoms with Crippen LogP contribution in [0.3, 0.4) is 0 Å². The molecule has 2 unspecified atom stereocenters. The largest absolute Gasteiger partial charge is 0.451 e. The van der Waals surface area contributed by atoms with E-state index in [0.29, 0.717) is 5.69 Å². The Bertz CT molecular complexity index is 1210. The summed E-state index contributed by atoms with van der Waals surface area (Å²) in [4.78, 5) is 36.4. The summed E-state index contributed by atoms with van der Waals surface area (Å²) in [5.41, 5.74) is 7.49. The second-order valence-electron chi connectivity index (χ2n) is 8.24. The summed E-state index contributed by atoms with van der Waals surface area (Å²) in [5.74, 6) is -2.20. The van der Waals surface area contributed by atoms with Crippen molar-refractivity contribution < 1.29 is 32.6 Å². The van der Waals surface area contributed by atoms with Crippen LogP contribution < -0.4 is 11.1 Å². The first-order valence-corrected chi connectivity index (χ1v) is 12.0. The van der Waals surface area contributed by atoms with E-state index in [9.17, 15) is 27.9 Å². The Morgan fingerprint density at radius 2 is 1.76 bits per heavy atom. The Labute approximate surface area is 197 Å². The van der Waals surface area contributed by atoms with Gasteiger partial charge < -0.3 is 20.9 Å². The molecule has 1 heterocycles. The zero-order valence-electron chi connectivity index (χ0n) is 19.0. The average Bonchev–Trinajstić information content (AvgIpc) is 3.18. The summed E-state index contributed by atoms with van der Waals surface area (Å²) >= 11 is 0. The number of hydrogen-bond donors (Lipinski definition) is 3. The number of hydrogen-bond acceptors (Lipinski definition) is 7. The highest BCUT2D eigenvalue weighted by Crippen LogP contribution is 2.28. The summed E-state index contributed by atoms with van der Waals surface area (Å²) in [5, 5.41) is 12.6. The summed E-state index contributed by atoms with van der Waals surface area (Å²) < 4.78 is 32.5. The van der Waals surface area contributed by atoms with Gasteiger partial charge in [-0.1, -0.05) is 6.07 Å². The average molecular weight is 490 g/mol. The smallest absolute Gasteiger partial charge is 0.325 e. The summed E-state index contributed by atoms with van der Waals surface area (Å²) in [6.45, 7) is 4.71. The maximum Gasteiger partial charge on any atom is 0.325 e. The van der Waals surface area contributed by atoms with E-state index in [1.165, 1.54) is 43.3 Å². The van der Waals surface area contributed by atoms with E-state index in [4.69, 9.17) is 10.5 Å². The van der Waals surface area contributed by atoms with Gasteiger partial charge in [-0.05, 0) is 68.3 Å². The number of primary amides is 1. The van der Waals surface area contributed by atoms with Crippen LogP contribution in [0, 0.1) is 13.8 Å². The molecule has 0 saturated carbocycles. The molecule has 1 fully saturated rings. The van der Waals surface area contributed by atoms with E-state index in [1.54, 1.807) is 13.0 Å². The predicted molar refractivity (Wildman–Crippen MR) is 123 cm³/mol. The van der Waals surface area contributed by atoms with Crippen LogP contribution in [0.1, 0.15) is 34.8 Å². The topological polar surface area (TPSA) is 156 Å². The van der Waals surface area contributed by atoms with Gasteiger partial charge in [-0.25, -0.2) is 8.42 Å². The standard InChI is InChI=1S/C23H27N3O7S/c1-13-4-9-19(10-14(13)2)34(31,32)26-12-18(27)11-20(26)23(30)33-15(3)22(29)25-17-7-5-16(6-8-17)21(24)28/h4-10,15,18,20,27H,11-12H2,1-3H3,(H2,24,28)(H,25,29)/t15?,18?,20-/m0/s1. The first kappa shape index (κ1) is 25.3. The van der Waals surface area contributed by atoms with Crippen LogP contribution in [0.15, 0.2) is 47.4 Å². The second kappa shape index (κ2) is 9.92. The number of β-amino-alcohol motifs (C(OH)–C–C–N with tert-alkyl or cyclic N) is 1. The zero-order valence-corrected chi connectivity index (χ0v) is 19.8. The molecular weight excluding hydrogens is 462 g/mol. The lowest BCUT2D eigenvalue weighted by atomic mass is 10.1. The molecule has 0 bridgehead atoms. The Hall–Kier alpha value is -3.28. The fraction of sp³-hybridized carbons (Fsp3) is 0.348. The first-order valence-electron chi connectivity index (χ1n) is 10.6. The van der Waals surface area contributed by atoms with Crippen LogP contribution in [0.25, 0.3) is 0 Å². The van der Waals surface area contributed by atoms with E-state index in [0.717, 1.165) is 15.4 Å². The lowest BCUT2D eigenvalue weighted by molar-refractivity contribution is -0.156. The number of amides is 2. The number of nitrogens with zero attached hydrogens (tertiary/aromatic N) is 1. The third-order valence-corrected chi connectivity index (χ3v) is 7.56. The molecular formula is C23H27N3O7S. The first-order chi connectivity index (χ1) is 15.9. The number of carbonyl (C=O) groups is 3. The van der Waals surface area contributed by atoms with E-state index in [1.807, 2.05) is 6.92 Å². The Morgan fingerprint density at radius 1 is 1.12 bits per heavy atom. The molecule has 0 spiro atoms. The van der Waals surface area contributed by atoms with Crippen molar-refractivity contribution in [1.82, 2.24) is 4.31 Å². The number of sulfonamides is 1. The van der Waals surface area contributed by atoms with Gasteiger partial charge >= 0.3 is 5.97 Å². The highest BCUT2D eigenvalue weighted by molar-refractivity contribution is 7.89. The molecule has 1 aliphatic rings. The minimum absolute atomic E-state index is 0.00713. The van der Waals surface area contributed by atoms with Crippen LogP contribution in [-0.2, 0) is 24.3 Å². The van der Waals surface area contributed by atoms with Crippen molar-refractivity contribution in [2.75, 3.05) is 11.9 Å². The van der Waals surface area contributed by atoms with Gasteiger partial charge in [0.1, 0.15) is 6.04 Å². The lowest BCUT2D eigenvalue weighted by Gasteiger charge is -2.24. The van der Waals surface area contributed by atoms with E-state index >= 15 is 0 Å². The Balaban J connectivity index is 1.71. The van der Waals surface area contributed by atoms with Gasteiger partial charge in [0.2, 0.25) is 15.9 Å². The number of esters is 1. The monoisotopic (exact) mass is 489 g/mol. The van der Waals surface area contributed by atoms with Crippen molar-refractivity contribution >= 4 is 33.5 Å².